The Labute approximate surface area is 119 Å². The average molecular weight is 264 g/mol. The van der Waals surface area contributed by atoms with Crippen molar-refractivity contribution in [3.63, 3.8) is 0 Å². The summed E-state index contributed by atoms with van der Waals surface area (Å²) >= 11 is 0. The highest BCUT2D eigenvalue weighted by atomic mass is 15.1. The molecule has 2 saturated heterocycles. The molecule has 1 saturated carbocycles. The molecule has 3 fully saturated rings. The maximum atomic E-state index is 3.50. The highest BCUT2D eigenvalue weighted by Gasteiger charge is 2.41. The second-order valence-electron chi connectivity index (χ2n) is 7.54. The van der Waals surface area contributed by atoms with Gasteiger partial charge in [0.1, 0.15) is 0 Å². The Balaban J connectivity index is 1.57. The number of likely N-dealkylation sites (tertiary alicyclic amines) is 1. The molecule has 0 amide bonds. The monoisotopic (exact) mass is 264 g/mol. The van der Waals surface area contributed by atoms with Gasteiger partial charge in [0.25, 0.3) is 0 Å². The molecule has 1 atom stereocenters. The molecule has 2 nitrogen and oxygen atoms in total. The number of rotatable bonds is 2. The van der Waals surface area contributed by atoms with E-state index in [4.69, 9.17) is 0 Å². The molecule has 0 bridgehead atoms. The van der Waals surface area contributed by atoms with Crippen LogP contribution in [0.1, 0.15) is 58.3 Å². The Morgan fingerprint density at radius 1 is 1.05 bits per heavy atom. The molecule has 2 heteroatoms. The molecule has 3 aliphatic rings. The van der Waals surface area contributed by atoms with Gasteiger partial charge in [-0.1, -0.05) is 26.2 Å². The molecule has 3 rings (SSSR count). The van der Waals surface area contributed by atoms with Crippen LogP contribution in [0.15, 0.2) is 0 Å². The van der Waals surface area contributed by atoms with Gasteiger partial charge in [-0.3, -0.25) is 0 Å². The zero-order valence-electron chi connectivity index (χ0n) is 12.8. The SMILES string of the molecule is CC1CCN(CC2CCNCC2)CC12CCCCC2. The Kier molecular flexibility index (Phi) is 4.48. The Morgan fingerprint density at radius 3 is 2.53 bits per heavy atom. The smallest absolute Gasteiger partial charge is 0.00406 e. The highest BCUT2D eigenvalue weighted by molar-refractivity contribution is 4.94. The number of hydrogen-bond donors (Lipinski definition) is 1. The lowest BCUT2D eigenvalue weighted by Crippen LogP contribution is -2.50. The van der Waals surface area contributed by atoms with Gasteiger partial charge in [0, 0.05) is 13.1 Å². The zero-order chi connectivity index (χ0) is 13.1. The van der Waals surface area contributed by atoms with Crippen LogP contribution in [0, 0.1) is 17.3 Å². The van der Waals surface area contributed by atoms with Crippen molar-refractivity contribution in [1.82, 2.24) is 10.2 Å². The third-order valence-corrected chi connectivity index (χ3v) is 6.29. The molecule has 0 radical (unpaired) electrons. The summed E-state index contributed by atoms with van der Waals surface area (Å²) in [5.41, 5.74) is 0.698. The molecular weight excluding hydrogens is 232 g/mol. The minimum absolute atomic E-state index is 0.698. The first-order valence-corrected chi connectivity index (χ1v) is 8.72. The summed E-state index contributed by atoms with van der Waals surface area (Å²) in [4.78, 5) is 2.83. The predicted molar refractivity (Wildman–Crippen MR) is 81.3 cm³/mol. The molecule has 1 spiro atoms. The Morgan fingerprint density at radius 2 is 1.79 bits per heavy atom. The van der Waals surface area contributed by atoms with Crippen LogP contribution >= 0.6 is 0 Å². The largest absolute Gasteiger partial charge is 0.317 e. The Hall–Kier alpha value is -0.0800. The summed E-state index contributed by atoms with van der Waals surface area (Å²) in [7, 11) is 0. The fourth-order valence-corrected chi connectivity index (χ4v) is 4.85. The topological polar surface area (TPSA) is 15.3 Å². The predicted octanol–water partition coefficient (Wildman–Crippen LogP) is 3.28. The van der Waals surface area contributed by atoms with Gasteiger partial charge in [-0.15, -0.1) is 0 Å². The van der Waals surface area contributed by atoms with Crippen molar-refractivity contribution in [2.24, 2.45) is 17.3 Å². The van der Waals surface area contributed by atoms with E-state index in [0.29, 0.717) is 5.41 Å². The van der Waals surface area contributed by atoms with E-state index in [1.54, 1.807) is 0 Å². The van der Waals surface area contributed by atoms with Gasteiger partial charge in [-0.05, 0) is 69.0 Å². The van der Waals surface area contributed by atoms with Crippen LogP contribution < -0.4 is 5.32 Å². The van der Waals surface area contributed by atoms with Crippen molar-refractivity contribution in [3.8, 4) is 0 Å². The second kappa shape index (κ2) is 6.13. The van der Waals surface area contributed by atoms with Crippen molar-refractivity contribution in [2.45, 2.75) is 58.3 Å². The van der Waals surface area contributed by atoms with E-state index < -0.39 is 0 Å². The minimum Gasteiger partial charge on any atom is -0.317 e. The van der Waals surface area contributed by atoms with Crippen molar-refractivity contribution in [1.29, 1.82) is 0 Å². The summed E-state index contributed by atoms with van der Waals surface area (Å²) in [5, 5.41) is 3.50. The van der Waals surface area contributed by atoms with Gasteiger partial charge in [0.2, 0.25) is 0 Å². The van der Waals surface area contributed by atoms with Gasteiger partial charge >= 0.3 is 0 Å². The summed E-state index contributed by atoms with van der Waals surface area (Å²) < 4.78 is 0. The Bertz CT molecular complexity index is 277. The first-order valence-electron chi connectivity index (χ1n) is 8.72. The summed E-state index contributed by atoms with van der Waals surface area (Å²) in [5.74, 6) is 1.94. The van der Waals surface area contributed by atoms with E-state index >= 15 is 0 Å². The van der Waals surface area contributed by atoms with E-state index in [0.717, 1.165) is 11.8 Å². The number of nitrogens with zero attached hydrogens (tertiary/aromatic N) is 1. The third-order valence-electron chi connectivity index (χ3n) is 6.29. The number of nitrogens with one attached hydrogen (secondary N) is 1. The molecule has 2 heterocycles. The van der Waals surface area contributed by atoms with Crippen LogP contribution in [0.25, 0.3) is 0 Å². The lowest BCUT2D eigenvalue weighted by atomic mass is 9.63. The van der Waals surface area contributed by atoms with E-state index in [1.807, 2.05) is 0 Å². The molecular formula is C17H32N2. The first kappa shape index (κ1) is 13.9. The van der Waals surface area contributed by atoms with E-state index in [-0.39, 0.29) is 0 Å². The van der Waals surface area contributed by atoms with Gasteiger partial charge < -0.3 is 10.2 Å². The lowest BCUT2D eigenvalue weighted by Gasteiger charge is -2.50. The van der Waals surface area contributed by atoms with E-state index in [2.05, 4.69) is 17.1 Å². The molecule has 1 unspecified atom stereocenters. The van der Waals surface area contributed by atoms with Crippen LogP contribution in [0.4, 0.5) is 0 Å². The quantitative estimate of drug-likeness (QED) is 0.823. The minimum atomic E-state index is 0.698. The molecule has 2 aliphatic heterocycles. The van der Waals surface area contributed by atoms with Gasteiger partial charge in [-0.2, -0.15) is 0 Å². The fraction of sp³-hybridized carbons (Fsp3) is 1.00. The van der Waals surface area contributed by atoms with E-state index in [9.17, 15) is 0 Å². The van der Waals surface area contributed by atoms with Crippen LogP contribution in [0.5, 0.6) is 0 Å². The van der Waals surface area contributed by atoms with Crippen LogP contribution in [-0.2, 0) is 0 Å². The standard InChI is InChI=1S/C17H32N2/c1-15-7-12-19(13-16-5-10-18-11-6-16)14-17(15)8-3-2-4-9-17/h15-16,18H,2-14H2,1H3. The zero-order valence-corrected chi connectivity index (χ0v) is 12.8. The maximum absolute atomic E-state index is 3.50. The molecule has 0 aromatic heterocycles. The normalized spacial score (nSPS) is 33.6. The van der Waals surface area contributed by atoms with Crippen LogP contribution in [-0.4, -0.2) is 37.6 Å². The summed E-state index contributed by atoms with van der Waals surface area (Å²) in [6.45, 7) is 9.20. The van der Waals surface area contributed by atoms with Crippen molar-refractivity contribution in [2.75, 3.05) is 32.7 Å². The van der Waals surface area contributed by atoms with Gasteiger partial charge in [0.05, 0.1) is 0 Å². The molecule has 19 heavy (non-hydrogen) atoms. The second-order valence-corrected chi connectivity index (χ2v) is 7.54. The summed E-state index contributed by atoms with van der Waals surface area (Å²) in [6, 6.07) is 0. The average Bonchev–Trinajstić information content (AvgIpc) is 2.45. The number of hydrogen-bond acceptors (Lipinski definition) is 2. The molecule has 1 aliphatic carbocycles. The van der Waals surface area contributed by atoms with Crippen molar-refractivity contribution in [3.05, 3.63) is 0 Å². The fourth-order valence-electron chi connectivity index (χ4n) is 4.85. The molecule has 110 valence electrons. The summed E-state index contributed by atoms with van der Waals surface area (Å²) in [6.07, 6.45) is 11.7. The van der Waals surface area contributed by atoms with Crippen LogP contribution in [0.3, 0.4) is 0 Å². The molecule has 1 N–H and O–H groups in total. The number of piperidine rings is 2. The van der Waals surface area contributed by atoms with Crippen LogP contribution in [0.2, 0.25) is 0 Å². The third kappa shape index (κ3) is 3.16. The first-order chi connectivity index (χ1) is 9.28. The molecule has 0 aromatic carbocycles. The van der Waals surface area contributed by atoms with Crippen molar-refractivity contribution < 1.29 is 0 Å². The lowest BCUT2D eigenvalue weighted by molar-refractivity contribution is -0.00354. The molecule has 0 aromatic rings. The maximum Gasteiger partial charge on any atom is 0.00406 e. The van der Waals surface area contributed by atoms with Crippen molar-refractivity contribution >= 4 is 0 Å². The van der Waals surface area contributed by atoms with Gasteiger partial charge in [-0.25, -0.2) is 0 Å². The van der Waals surface area contributed by atoms with Gasteiger partial charge in [0.15, 0.2) is 0 Å². The van der Waals surface area contributed by atoms with E-state index in [1.165, 1.54) is 84.1 Å². The highest BCUT2D eigenvalue weighted by Crippen LogP contribution is 2.46.